The second-order valence-corrected chi connectivity index (χ2v) is 10.8. The highest BCUT2D eigenvalue weighted by Gasteiger charge is 2.09. The molecular weight excluding hydrogens is 434 g/mol. The summed E-state index contributed by atoms with van der Waals surface area (Å²) in [5.41, 5.74) is 0. The number of unbranched alkanes of at least 4 members (excludes halogenated alkanes) is 18. The number of aliphatic carboxylic acids is 1. The molecule has 1 unspecified atom stereocenters. The Morgan fingerprint density at radius 3 is 1.09 bits per heavy atom. The number of hydrogen-bond donors (Lipinski definition) is 2. The van der Waals surface area contributed by atoms with Crippen molar-refractivity contribution in [2.45, 2.75) is 148 Å². The van der Waals surface area contributed by atoms with Gasteiger partial charge in [0, 0.05) is 6.42 Å². The van der Waals surface area contributed by atoms with Crippen LogP contribution in [0, 0.1) is 0 Å². The summed E-state index contributed by atoms with van der Waals surface area (Å²) >= 11 is 0. The number of carboxylic acids is 1. The Kier molecular flexibility index (Phi) is 31.5. The van der Waals surface area contributed by atoms with Gasteiger partial charge in [-0.05, 0) is 13.3 Å². The van der Waals surface area contributed by atoms with Gasteiger partial charge in [-0.1, -0.05) is 122 Å². The van der Waals surface area contributed by atoms with Crippen LogP contribution in [0.1, 0.15) is 142 Å². The Balaban J connectivity index is -0.000000851. The molecule has 0 rings (SSSR count). The molecule has 0 fully saturated rings. The predicted octanol–water partition coefficient (Wildman–Crippen LogP) is 4.97. The number of halogens is 1. The summed E-state index contributed by atoms with van der Waals surface area (Å²) in [6.07, 6.45) is 25.9. The molecule has 0 aromatic rings. The van der Waals surface area contributed by atoms with E-state index in [0.717, 1.165) is 23.9 Å². The second-order valence-electron chi connectivity index (χ2n) is 10.8. The van der Waals surface area contributed by atoms with Crippen molar-refractivity contribution in [3.05, 3.63) is 0 Å². The fourth-order valence-corrected chi connectivity index (χ4v) is 4.15. The van der Waals surface area contributed by atoms with Crippen LogP contribution in [-0.2, 0) is 4.79 Å². The van der Waals surface area contributed by atoms with Crippen molar-refractivity contribution in [3.8, 4) is 0 Å². The molecule has 0 aliphatic carbocycles. The summed E-state index contributed by atoms with van der Waals surface area (Å²) in [7, 11) is 6.19. The third-order valence-electron chi connectivity index (χ3n) is 5.81. The number of hydrogen-bond acceptors (Lipinski definition) is 2. The first kappa shape index (κ1) is 37.2. The first-order valence-corrected chi connectivity index (χ1v) is 13.9. The van der Waals surface area contributed by atoms with Crippen molar-refractivity contribution < 1.29 is 31.9 Å². The number of likely N-dealkylation sites (N-methyl/N-ethyl adjacent to an activating group) is 1. The highest BCUT2D eigenvalue weighted by atomic mass is 35.5. The number of rotatable bonds is 22. The number of carbonyl (C=O) groups is 1. The van der Waals surface area contributed by atoms with Gasteiger partial charge in [-0.2, -0.15) is 0 Å². The van der Waals surface area contributed by atoms with E-state index < -0.39 is 5.97 Å². The van der Waals surface area contributed by atoms with Gasteiger partial charge in [0.25, 0.3) is 0 Å². The van der Waals surface area contributed by atoms with Crippen molar-refractivity contribution >= 4 is 5.97 Å². The van der Waals surface area contributed by atoms with E-state index >= 15 is 0 Å². The SMILES string of the molecule is CC(O)C[N+](C)(C)C.CCCCCCCCCCCCCCCCCCCCCC(=O)O.[Cl-]. The average Bonchev–Trinajstić information content (AvgIpc) is 2.68. The number of aliphatic hydroxyl groups excluding tert-OH is 1. The smallest absolute Gasteiger partial charge is 0.303 e. The molecule has 4 nitrogen and oxygen atoms in total. The first-order chi connectivity index (χ1) is 15.2. The van der Waals surface area contributed by atoms with E-state index in [1.165, 1.54) is 109 Å². The summed E-state index contributed by atoms with van der Waals surface area (Å²) in [5, 5.41) is 17.4. The van der Waals surface area contributed by atoms with E-state index in [-0.39, 0.29) is 18.5 Å². The predicted molar refractivity (Wildman–Crippen MR) is 140 cm³/mol. The highest BCUT2D eigenvalue weighted by Crippen LogP contribution is 2.14. The van der Waals surface area contributed by atoms with E-state index in [4.69, 9.17) is 10.2 Å². The molecule has 202 valence electrons. The molecule has 0 saturated heterocycles. The zero-order valence-corrected chi connectivity index (χ0v) is 23.8. The fraction of sp³-hybridized carbons (Fsp3) is 0.964. The standard InChI is InChI=1S/C22H44O2.C6H16NO.ClH/c1-2-3-4-5-6-7-8-9-10-11-12-13-14-15-16-17-18-19-20-21-22(23)24;1-6(8)5-7(2,3)4;/h2-21H2,1H3,(H,23,24);6,8H,5H2,1-4H3;1H/q;+1;/p-1. The van der Waals surface area contributed by atoms with Gasteiger partial charge in [0.15, 0.2) is 0 Å². The summed E-state index contributed by atoms with van der Waals surface area (Å²) in [4.78, 5) is 10.4. The maximum absolute atomic E-state index is 10.4. The minimum absolute atomic E-state index is 0. The molecule has 1 atom stereocenters. The van der Waals surface area contributed by atoms with Gasteiger partial charge in [-0.15, -0.1) is 0 Å². The molecule has 0 aromatic heterocycles. The fourth-order valence-electron chi connectivity index (χ4n) is 4.15. The Labute approximate surface area is 213 Å². The van der Waals surface area contributed by atoms with Crippen LogP contribution < -0.4 is 12.4 Å². The molecule has 0 saturated carbocycles. The minimum Gasteiger partial charge on any atom is -1.00 e. The van der Waals surface area contributed by atoms with Gasteiger partial charge in [-0.3, -0.25) is 4.79 Å². The third-order valence-corrected chi connectivity index (χ3v) is 5.81. The minimum atomic E-state index is -0.651. The molecule has 0 amide bonds. The Bertz CT molecular complexity index is 384. The average molecular weight is 494 g/mol. The Hall–Kier alpha value is -0.320. The van der Waals surface area contributed by atoms with Gasteiger partial charge in [0.1, 0.15) is 12.6 Å². The maximum Gasteiger partial charge on any atom is 0.303 e. The van der Waals surface area contributed by atoms with Crippen LogP contribution >= 0.6 is 0 Å². The van der Waals surface area contributed by atoms with Crippen molar-refractivity contribution in [1.29, 1.82) is 0 Å². The highest BCUT2D eigenvalue weighted by molar-refractivity contribution is 5.66. The van der Waals surface area contributed by atoms with Crippen molar-refractivity contribution in [2.24, 2.45) is 0 Å². The summed E-state index contributed by atoms with van der Waals surface area (Å²) in [5.74, 6) is -0.651. The Morgan fingerprint density at radius 1 is 0.636 bits per heavy atom. The van der Waals surface area contributed by atoms with Crippen LogP contribution in [0.5, 0.6) is 0 Å². The van der Waals surface area contributed by atoms with Gasteiger partial charge in [-0.25, -0.2) is 0 Å². The number of nitrogens with zero attached hydrogens (tertiary/aromatic N) is 1. The van der Waals surface area contributed by atoms with Crippen LogP contribution in [0.3, 0.4) is 0 Å². The lowest BCUT2D eigenvalue weighted by Gasteiger charge is -2.24. The van der Waals surface area contributed by atoms with Gasteiger partial charge in [0.05, 0.1) is 21.1 Å². The zero-order chi connectivity index (χ0) is 24.5. The Morgan fingerprint density at radius 2 is 0.909 bits per heavy atom. The molecule has 0 aliphatic rings. The topological polar surface area (TPSA) is 57.5 Å². The zero-order valence-electron chi connectivity index (χ0n) is 23.1. The normalized spacial score (nSPS) is 11.9. The van der Waals surface area contributed by atoms with Gasteiger partial charge < -0.3 is 27.1 Å². The largest absolute Gasteiger partial charge is 1.00 e. The molecule has 0 heterocycles. The molecule has 0 aliphatic heterocycles. The van der Waals surface area contributed by atoms with Crippen LogP contribution in [-0.4, -0.2) is 54.5 Å². The number of carboxylic acid groups (broad SMARTS) is 1. The molecular formula is C28H60ClNO3. The van der Waals surface area contributed by atoms with E-state index in [0.29, 0.717) is 6.42 Å². The number of quaternary nitrogens is 1. The van der Waals surface area contributed by atoms with Crippen LogP contribution in [0.15, 0.2) is 0 Å². The molecule has 5 heteroatoms. The number of aliphatic hydroxyl groups is 1. The van der Waals surface area contributed by atoms with Crippen LogP contribution in [0.4, 0.5) is 0 Å². The molecule has 33 heavy (non-hydrogen) atoms. The van der Waals surface area contributed by atoms with Crippen molar-refractivity contribution in [3.63, 3.8) is 0 Å². The lowest BCUT2D eigenvalue weighted by molar-refractivity contribution is -0.873. The van der Waals surface area contributed by atoms with E-state index in [9.17, 15) is 4.79 Å². The molecule has 0 radical (unpaired) electrons. The third kappa shape index (κ3) is 42.3. The van der Waals surface area contributed by atoms with Crippen LogP contribution in [0.25, 0.3) is 0 Å². The summed E-state index contributed by atoms with van der Waals surface area (Å²) in [6.45, 7) is 4.91. The van der Waals surface area contributed by atoms with Gasteiger partial charge in [0.2, 0.25) is 0 Å². The van der Waals surface area contributed by atoms with Crippen molar-refractivity contribution in [1.82, 2.24) is 0 Å². The van der Waals surface area contributed by atoms with E-state index in [2.05, 4.69) is 28.1 Å². The molecule has 0 aromatic carbocycles. The molecule has 0 bridgehead atoms. The first-order valence-electron chi connectivity index (χ1n) is 13.9. The van der Waals surface area contributed by atoms with Crippen LogP contribution in [0.2, 0.25) is 0 Å². The maximum atomic E-state index is 10.4. The molecule has 2 N–H and O–H groups in total. The van der Waals surface area contributed by atoms with Gasteiger partial charge >= 0.3 is 5.97 Å². The lowest BCUT2D eigenvalue weighted by Crippen LogP contribution is -3.00. The van der Waals surface area contributed by atoms with E-state index in [1.807, 2.05) is 6.92 Å². The second kappa shape index (κ2) is 27.9. The monoisotopic (exact) mass is 493 g/mol. The summed E-state index contributed by atoms with van der Waals surface area (Å²) in [6, 6.07) is 0. The quantitative estimate of drug-likeness (QED) is 0.165. The lowest BCUT2D eigenvalue weighted by atomic mass is 10.0. The van der Waals surface area contributed by atoms with E-state index in [1.54, 1.807) is 0 Å². The van der Waals surface area contributed by atoms with Crippen molar-refractivity contribution in [2.75, 3.05) is 27.7 Å². The molecule has 0 spiro atoms. The summed E-state index contributed by atoms with van der Waals surface area (Å²) < 4.78 is 0.831.